The van der Waals surface area contributed by atoms with E-state index in [1.165, 1.54) is 11.8 Å². The number of amides is 1. The number of rotatable bonds is 8. The standard InChI is InChI=1S/C16H22N2O2S2/c1-3-17(4-2)10-5-11-20-14-8-6-13(7-9-14)18-15(19)12-22-16(18)21/h6-9H,3-5,10-12H2,1-2H3. The van der Waals surface area contributed by atoms with Gasteiger partial charge >= 0.3 is 0 Å². The molecule has 1 aliphatic rings. The van der Waals surface area contributed by atoms with Crippen molar-refractivity contribution in [3.63, 3.8) is 0 Å². The maximum atomic E-state index is 11.8. The molecular formula is C16H22N2O2S2. The number of carbonyl (C=O) groups is 1. The van der Waals surface area contributed by atoms with Crippen molar-refractivity contribution in [2.24, 2.45) is 0 Å². The molecule has 1 aliphatic heterocycles. The zero-order valence-corrected chi connectivity index (χ0v) is 14.7. The molecule has 120 valence electrons. The van der Waals surface area contributed by atoms with Crippen molar-refractivity contribution in [1.29, 1.82) is 0 Å². The maximum absolute atomic E-state index is 11.8. The number of ether oxygens (including phenoxy) is 1. The molecule has 4 nitrogen and oxygen atoms in total. The van der Waals surface area contributed by atoms with Crippen LogP contribution >= 0.6 is 24.0 Å². The minimum atomic E-state index is 0.0443. The van der Waals surface area contributed by atoms with E-state index in [4.69, 9.17) is 17.0 Å². The van der Waals surface area contributed by atoms with Crippen LogP contribution in [0.3, 0.4) is 0 Å². The highest BCUT2D eigenvalue weighted by Crippen LogP contribution is 2.28. The fraction of sp³-hybridized carbons (Fsp3) is 0.500. The highest BCUT2D eigenvalue weighted by atomic mass is 32.2. The Morgan fingerprint density at radius 1 is 1.27 bits per heavy atom. The van der Waals surface area contributed by atoms with Crippen molar-refractivity contribution in [2.45, 2.75) is 20.3 Å². The zero-order chi connectivity index (χ0) is 15.9. The largest absolute Gasteiger partial charge is 0.494 e. The van der Waals surface area contributed by atoms with Crippen LogP contribution in [-0.2, 0) is 4.79 Å². The van der Waals surface area contributed by atoms with Crippen LogP contribution in [-0.4, -0.2) is 47.1 Å². The van der Waals surface area contributed by atoms with Gasteiger partial charge < -0.3 is 9.64 Å². The predicted molar refractivity (Wildman–Crippen MR) is 96.9 cm³/mol. The SMILES string of the molecule is CCN(CC)CCCOc1ccc(N2C(=O)CSC2=S)cc1. The number of benzene rings is 1. The summed E-state index contributed by atoms with van der Waals surface area (Å²) < 4.78 is 6.37. The number of anilines is 1. The minimum Gasteiger partial charge on any atom is -0.494 e. The van der Waals surface area contributed by atoms with E-state index >= 15 is 0 Å². The molecule has 1 fully saturated rings. The van der Waals surface area contributed by atoms with Crippen molar-refractivity contribution in [3.05, 3.63) is 24.3 Å². The quantitative estimate of drug-likeness (QED) is 0.537. The van der Waals surface area contributed by atoms with Gasteiger partial charge in [-0.05, 0) is 43.8 Å². The number of carbonyl (C=O) groups excluding carboxylic acids is 1. The van der Waals surface area contributed by atoms with E-state index in [-0.39, 0.29) is 5.91 Å². The Labute approximate surface area is 141 Å². The molecule has 1 amide bonds. The molecule has 0 radical (unpaired) electrons. The number of nitrogens with zero attached hydrogens (tertiary/aromatic N) is 2. The third-order valence-electron chi connectivity index (χ3n) is 3.63. The smallest absolute Gasteiger partial charge is 0.243 e. The summed E-state index contributed by atoms with van der Waals surface area (Å²) in [5.74, 6) is 1.30. The second kappa shape index (κ2) is 8.50. The molecule has 0 N–H and O–H groups in total. The second-order valence-corrected chi connectivity index (χ2v) is 6.62. The minimum absolute atomic E-state index is 0.0443. The Bertz CT molecular complexity index is 499. The maximum Gasteiger partial charge on any atom is 0.243 e. The Balaban J connectivity index is 1.82. The van der Waals surface area contributed by atoms with Gasteiger partial charge in [-0.15, -0.1) is 0 Å². The summed E-state index contributed by atoms with van der Waals surface area (Å²) in [4.78, 5) is 15.7. The molecule has 0 spiro atoms. The van der Waals surface area contributed by atoms with Gasteiger partial charge in [0, 0.05) is 6.54 Å². The van der Waals surface area contributed by atoms with E-state index in [0.29, 0.717) is 16.7 Å². The van der Waals surface area contributed by atoms with E-state index < -0.39 is 0 Å². The lowest BCUT2D eigenvalue weighted by molar-refractivity contribution is -0.115. The van der Waals surface area contributed by atoms with Crippen molar-refractivity contribution < 1.29 is 9.53 Å². The lowest BCUT2D eigenvalue weighted by atomic mass is 10.3. The molecule has 0 aliphatic carbocycles. The highest BCUT2D eigenvalue weighted by molar-refractivity contribution is 8.24. The highest BCUT2D eigenvalue weighted by Gasteiger charge is 2.27. The monoisotopic (exact) mass is 338 g/mol. The Morgan fingerprint density at radius 2 is 1.95 bits per heavy atom. The number of thioether (sulfide) groups is 1. The number of hydrogen-bond donors (Lipinski definition) is 0. The molecule has 6 heteroatoms. The van der Waals surface area contributed by atoms with Crippen molar-refractivity contribution in [1.82, 2.24) is 4.90 Å². The van der Waals surface area contributed by atoms with Gasteiger partial charge in [-0.2, -0.15) is 0 Å². The summed E-state index contributed by atoms with van der Waals surface area (Å²) in [6.45, 7) is 8.25. The normalized spacial score (nSPS) is 15.0. The van der Waals surface area contributed by atoms with Crippen LogP contribution in [0.25, 0.3) is 0 Å². The van der Waals surface area contributed by atoms with Crippen molar-refractivity contribution in [2.75, 3.05) is 36.9 Å². The van der Waals surface area contributed by atoms with Gasteiger partial charge in [0.15, 0.2) is 0 Å². The van der Waals surface area contributed by atoms with E-state index in [1.807, 2.05) is 24.3 Å². The molecule has 0 unspecified atom stereocenters. The molecule has 22 heavy (non-hydrogen) atoms. The molecule has 0 bridgehead atoms. The van der Waals surface area contributed by atoms with Crippen LogP contribution in [0.15, 0.2) is 24.3 Å². The molecule has 0 saturated carbocycles. The van der Waals surface area contributed by atoms with E-state index in [1.54, 1.807) is 4.90 Å². The van der Waals surface area contributed by atoms with Gasteiger partial charge in [0.25, 0.3) is 0 Å². The number of hydrogen-bond acceptors (Lipinski definition) is 5. The topological polar surface area (TPSA) is 32.8 Å². The first-order valence-electron chi connectivity index (χ1n) is 7.60. The lowest BCUT2D eigenvalue weighted by Crippen LogP contribution is -2.27. The first-order valence-corrected chi connectivity index (χ1v) is 9.00. The summed E-state index contributed by atoms with van der Waals surface area (Å²) in [7, 11) is 0. The zero-order valence-electron chi connectivity index (χ0n) is 13.1. The van der Waals surface area contributed by atoms with Gasteiger partial charge in [-0.1, -0.05) is 37.8 Å². The third-order valence-corrected chi connectivity index (χ3v) is 4.98. The van der Waals surface area contributed by atoms with E-state index in [9.17, 15) is 4.79 Å². The first kappa shape index (κ1) is 17.2. The lowest BCUT2D eigenvalue weighted by Gasteiger charge is -2.18. The predicted octanol–water partition coefficient (Wildman–Crippen LogP) is 3.16. The molecule has 1 heterocycles. The van der Waals surface area contributed by atoms with Crippen LogP contribution < -0.4 is 9.64 Å². The fourth-order valence-electron chi connectivity index (χ4n) is 2.31. The van der Waals surface area contributed by atoms with Crippen molar-refractivity contribution in [3.8, 4) is 5.75 Å². The fourth-order valence-corrected chi connectivity index (χ4v) is 3.41. The molecule has 2 rings (SSSR count). The second-order valence-electron chi connectivity index (χ2n) is 5.01. The summed E-state index contributed by atoms with van der Waals surface area (Å²) in [5.41, 5.74) is 0.815. The van der Waals surface area contributed by atoms with E-state index in [2.05, 4.69) is 18.7 Å². The number of thiocarbonyl (C=S) groups is 1. The Morgan fingerprint density at radius 3 is 2.50 bits per heavy atom. The molecule has 1 saturated heterocycles. The van der Waals surface area contributed by atoms with Crippen molar-refractivity contribution >= 4 is 39.9 Å². The molecule has 0 atom stereocenters. The summed E-state index contributed by atoms with van der Waals surface area (Å²) >= 11 is 6.61. The average molecular weight is 338 g/mol. The van der Waals surface area contributed by atoms with Crippen LogP contribution in [0.4, 0.5) is 5.69 Å². The van der Waals surface area contributed by atoms with E-state index in [0.717, 1.165) is 37.5 Å². The van der Waals surface area contributed by atoms with Gasteiger partial charge in [0.05, 0.1) is 18.0 Å². The Kier molecular flexibility index (Phi) is 6.67. The van der Waals surface area contributed by atoms with Crippen LogP contribution in [0.5, 0.6) is 5.75 Å². The summed E-state index contributed by atoms with van der Waals surface area (Å²) in [6.07, 6.45) is 1.01. The summed E-state index contributed by atoms with van der Waals surface area (Å²) in [5, 5.41) is 0. The van der Waals surface area contributed by atoms with Gasteiger partial charge in [-0.3, -0.25) is 9.69 Å². The molecule has 0 aromatic heterocycles. The Hall–Kier alpha value is -1.11. The van der Waals surface area contributed by atoms with Crippen LogP contribution in [0, 0.1) is 0 Å². The average Bonchev–Trinajstić information content (AvgIpc) is 2.87. The molecular weight excluding hydrogens is 316 g/mol. The van der Waals surface area contributed by atoms with Crippen LogP contribution in [0.2, 0.25) is 0 Å². The van der Waals surface area contributed by atoms with Gasteiger partial charge in [0.1, 0.15) is 10.1 Å². The molecule has 1 aromatic carbocycles. The van der Waals surface area contributed by atoms with Crippen LogP contribution in [0.1, 0.15) is 20.3 Å². The first-order chi connectivity index (χ1) is 10.7. The third kappa shape index (κ3) is 4.44. The van der Waals surface area contributed by atoms with Gasteiger partial charge in [-0.25, -0.2) is 0 Å². The molecule has 1 aromatic rings. The van der Waals surface area contributed by atoms with Gasteiger partial charge in [0.2, 0.25) is 5.91 Å². The summed E-state index contributed by atoms with van der Waals surface area (Å²) in [6, 6.07) is 7.56.